The highest BCUT2D eigenvalue weighted by Crippen LogP contribution is 2.24. The van der Waals surface area contributed by atoms with Crippen LogP contribution in [0.1, 0.15) is 38.3 Å². The number of nitrogens with one attached hydrogen (secondary N) is 1. The van der Waals surface area contributed by atoms with E-state index in [1.54, 1.807) is 0 Å². The molecule has 1 saturated heterocycles. The molecule has 0 amide bonds. The summed E-state index contributed by atoms with van der Waals surface area (Å²) in [5.41, 5.74) is 0.599. The Morgan fingerprint density at radius 2 is 2.28 bits per heavy atom. The smallest absolute Gasteiger partial charge is 0.128 e. The van der Waals surface area contributed by atoms with Gasteiger partial charge in [-0.1, -0.05) is 6.07 Å². The third kappa shape index (κ3) is 3.00. The molecular weight excluding hydrogens is 226 g/mol. The summed E-state index contributed by atoms with van der Waals surface area (Å²) in [6, 6.07) is 4.47. The van der Waals surface area contributed by atoms with E-state index in [1.165, 1.54) is 5.56 Å². The number of piperidine rings is 1. The molecule has 18 heavy (non-hydrogen) atoms. The minimum Gasteiger partial charge on any atom is -0.388 e. The van der Waals surface area contributed by atoms with Gasteiger partial charge in [0.25, 0.3) is 0 Å². The van der Waals surface area contributed by atoms with Crippen molar-refractivity contribution >= 4 is 5.82 Å². The van der Waals surface area contributed by atoms with Crippen LogP contribution < -0.4 is 10.2 Å². The van der Waals surface area contributed by atoms with E-state index in [0.29, 0.717) is 12.6 Å². The molecule has 1 aromatic rings. The van der Waals surface area contributed by atoms with E-state index in [0.717, 1.165) is 25.2 Å². The zero-order chi connectivity index (χ0) is 13.2. The van der Waals surface area contributed by atoms with Gasteiger partial charge in [0, 0.05) is 25.3 Å². The second-order valence-electron chi connectivity index (χ2n) is 5.48. The summed E-state index contributed by atoms with van der Waals surface area (Å²) in [7, 11) is 1.94. The second-order valence-corrected chi connectivity index (χ2v) is 5.48. The van der Waals surface area contributed by atoms with Crippen LogP contribution in [-0.4, -0.2) is 35.8 Å². The van der Waals surface area contributed by atoms with Crippen LogP contribution in [0.4, 0.5) is 5.82 Å². The third-order valence-corrected chi connectivity index (χ3v) is 3.70. The molecule has 1 fully saturated rings. The van der Waals surface area contributed by atoms with E-state index in [1.807, 2.05) is 26.2 Å². The Morgan fingerprint density at radius 1 is 1.50 bits per heavy atom. The SMILES string of the molecule is CNC(C)c1ccc(N2CCCC(C)(O)C2)nc1. The molecule has 4 nitrogen and oxygen atoms in total. The molecule has 0 bridgehead atoms. The Bertz CT molecular complexity index is 389. The molecule has 1 aromatic heterocycles. The number of rotatable bonds is 3. The van der Waals surface area contributed by atoms with Crippen LogP contribution in [0.2, 0.25) is 0 Å². The fraction of sp³-hybridized carbons (Fsp3) is 0.643. The first-order chi connectivity index (χ1) is 8.52. The van der Waals surface area contributed by atoms with Crippen LogP contribution in [0.15, 0.2) is 18.3 Å². The molecule has 1 aliphatic rings. The molecule has 100 valence electrons. The second kappa shape index (κ2) is 5.24. The number of aliphatic hydroxyl groups is 1. The molecule has 2 rings (SSSR count). The van der Waals surface area contributed by atoms with Crippen molar-refractivity contribution in [2.45, 2.75) is 38.3 Å². The molecule has 2 unspecified atom stereocenters. The fourth-order valence-corrected chi connectivity index (χ4v) is 2.42. The highest BCUT2D eigenvalue weighted by atomic mass is 16.3. The summed E-state index contributed by atoms with van der Waals surface area (Å²) in [5, 5.41) is 13.3. The maximum Gasteiger partial charge on any atom is 0.128 e. The number of anilines is 1. The Hall–Kier alpha value is -1.13. The number of β-amino-alcohol motifs (C(OH)–C–C–N with tert-alkyl or cyclic N) is 1. The van der Waals surface area contributed by atoms with Crippen LogP contribution in [0.5, 0.6) is 0 Å². The number of nitrogens with zero attached hydrogens (tertiary/aromatic N) is 2. The zero-order valence-corrected chi connectivity index (χ0v) is 11.5. The van der Waals surface area contributed by atoms with Crippen molar-refractivity contribution in [2.24, 2.45) is 0 Å². The maximum atomic E-state index is 10.1. The fourth-order valence-electron chi connectivity index (χ4n) is 2.42. The minimum atomic E-state index is -0.586. The molecular formula is C14H23N3O. The van der Waals surface area contributed by atoms with Gasteiger partial charge in [0.1, 0.15) is 5.82 Å². The minimum absolute atomic E-state index is 0.316. The van der Waals surface area contributed by atoms with Gasteiger partial charge < -0.3 is 15.3 Å². The van der Waals surface area contributed by atoms with E-state index in [-0.39, 0.29) is 0 Å². The van der Waals surface area contributed by atoms with E-state index in [2.05, 4.69) is 28.2 Å². The summed E-state index contributed by atoms with van der Waals surface area (Å²) in [6.45, 7) is 5.66. The van der Waals surface area contributed by atoms with Crippen LogP contribution in [0, 0.1) is 0 Å². The number of hydrogen-bond acceptors (Lipinski definition) is 4. The molecule has 0 aromatic carbocycles. The van der Waals surface area contributed by atoms with Gasteiger partial charge in [0.15, 0.2) is 0 Å². The monoisotopic (exact) mass is 249 g/mol. The van der Waals surface area contributed by atoms with Gasteiger partial charge in [-0.15, -0.1) is 0 Å². The Balaban J connectivity index is 2.09. The standard InChI is InChI=1S/C14H23N3O/c1-11(15-3)12-5-6-13(16-9-12)17-8-4-7-14(2,18)10-17/h5-6,9,11,15,18H,4,7-8,10H2,1-3H3. The average Bonchev–Trinajstić information content (AvgIpc) is 2.37. The van der Waals surface area contributed by atoms with Crippen molar-refractivity contribution in [1.82, 2.24) is 10.3 Å². The highest BCUT2D eigenvalue weighted by molar-refractivity contribution is 5.41. The molecule has 0 aliphatic carbocycles. The maximum absolute atomic E-state index is 10.1. The van der Waals surface area contributed by atoms with Gasteiger partial charge in [-0.2, -0.15) is 0 Å². The predicted molar refractivity (Wildman–Crippen MR) is 73.8 cm³/mol. The third-order valence-electron chi connectivity index (χ3n) is 3.70. The van der Waals surface area contributed by atoms with E-state index < -0.39 is 5.60 Å². The van der Waals surface area contributed by atoms with Gasteiger partial charge in [-0.25, -0.2) is 4.98 Å². The van der Waals surface area contributed by atoms with Crippen LogP contribution in [0.25, 0.3) is 0 Å². The number of pyridine rings is 1. The molecule has 2 atom stereocenters. The van der Waals surface area contributed by atoms with E-state index in [9.17, 15) is 5.11 Å². The lowest BCUT2D eigenvalue weighted by molar-refractivity contribution is 0.0447. The van der Waals surface area contributed by atoms with E-state index in [4.69, 9.17) is 0 Å². The molecule has 1 aliphatic heterocycles. The van der Waals surface area contributed by atoms with Gasteiger partial charge >= 0.3 is 0 Å². The zero-order valence-electron chi connectivity index (χ0n) is 11.5. The molecule has 0 saturated carbocycles. The van der Waals surface area contributed by atoms with E-state index >= 15 is 0 Å². The molecule has 2 heterocycles. The summed E-state index contributed by atoms with van der Waals surface area (Å²) >= 11 is 0. The Labute approximate surface area is 109 Å². The lowest BCUT2D eigenvalue weighted by Gasteiger charge is -2.37. The summed E-state index contributed by atoms with van der Waals surface area (Å²) in [4.78, 5) is 6.68. The van der Waals surface area contributed by atoms with Crippen LogP contribution in [0.3, 0.4) is 0 Å². The summed E-state index contributed by atoms with van der Waals surface area (Å²) < 4.78 is 0. The Kier molecular flexibility index (Phi) is 3.88. The lowest BCUT2D eigenvalue weighted by atomic mass is 9.95. The number of aromatic nitrogens is 1. The molecule has 0 radical (unpaired) electrons. The topological polar surface area (TPSA) is 48.4 Å². The highest BCUT2D eigenvalue weighted by Gasteiger charge is 2.28. The van der Waals surface area contributed by atoms with Crippen molar-refractivity contribution in [2.75, 3.05) is 25.0 Å². The molecule has 4 heteroatoms. The largest absolute Gasteiger partial charge is 0.388 e. The van der Waals surface area contributed by atoms with Gasteiger partial charge in [-0.05, 0) is 45.4 Å². The number of hydrogen-bond donors (Lipinski definition) is 2. The molecule has 2 N–H and O–H groups in total. The first-order valence-electron chi connectivity index (χ1n) is 6.62. The van der Waals surface area contributed by atoms with Crippen LogP contribution >= 0.6 is 0 Å². The lowest BCUT2D eigenvalue weighted by Crippen LogP contribution is -2.46. The predicted octanol–water partition coefficient (Wildman–Crippen LogP) is 1.71. The van der Waals surface area contributed by atoms with Gasteiger partial charge in [0.2, 0.25) is 0 Å². The van der Waals surface area contributed by atoms with Crippen molar-refractivity contribution in [1.29, 1.82) is 0 Å². The van der Waals surface area contributed by atoms with Crippen LogP contribution in [-0.2, 0) is 0 Å². The normalized spacial score (nSPS) is 26.1. The first kappa shape index (κ1) is 13.3. The van der Waals surface area contributed by atoms with Gasteiger partial charge in [-0.3, -0.25) is 0 Å². The van der Waals surface area contributed by atoms with Gasteiger partial charge in [0.05, 0.1) is 5.60 Å². The summed E-state index contributed by atoms with van der Waals surface area (Å²) in [6.07, 6.45) is 3.81. The van der Waals surface area contributed by atoms with Crippen molar-refractivity contribution in [3.05, 3.63) is 23.9 Å². The quantitative estimate of drug-likeness (QED) is 0.856. The first-order valence-corrected chi connectivity index (χ1v) is 6.62. The molecule has 0 spiro atoms. The summed E-state index contributed by atoms with van der Waals surface area (Å²) in [5.74, 6) is 0.960. The van der Waals surface area contributed by atoms with Crippen molar-refractivity contribution in [3.63, 3.8) is 0 Å². The average molecular weight is 249 g/mol. The van der Waals surface area contributed by atoms with Crippen molar-refractivity contribution < 1.29 is 5.11 Å². The van der Waals surface area contributed by atoms with Crippen molar-refractivity contribution in [3.8, 4) is 0 Å². The Morgan fingerprint density at radius 3 is 2.83 bits per heavy atom.